The normalized spacial score (nSPS) is 14.8. The molecule has 7 nitrogen and oxygen atoms in total. The number of amides is 1. The molecule has 3 rings (SSSR count). The number of piperidine rings is 1. The Labute approximate surface area is 166 Å². The minimum Gasteiger partial charge on any atom is -0.352 e. The van der Waals surface area contributed by atoms with E-state index in [9.17, 15) is 4.79 Å². The summed E-state index contributed by atoms with van der Waals surface area (Å²) in [5.41, 5.74) is 4.24. The number of aryl methyl sites for hydroxylation is 2. The molecule has 1 amide bonds. The number of rotatable bonds is 5. The van der Waals surface area contributed by atoms with Crippen LogP contribution in [0.3, 0.4) is 0 Å². The van der Waals surface area contributed by atoms with E-state index in [0.717, 1.165) is 48.6 Å². The van der Waals surface area contributed by atoms with Crippen molar-refractivity contribution in [3.63, 3.8) is 0 Å². The molecule has 1 aromatic heterocycles. The highest BCUT2D eigenvalue weighted by Crippen LogP contribution is 2.16. The highest BCUT2D eigenvalue weighted by atomic mass is 16.2. The van der Waals surface area contributed by atoms with Crippen LogP contribution in [0.25, 0.3) is 5.69 Å². The van der Waals surface area contributed by atoms with E-state index in [2.05, 4.69) is 45.8 Å². The summed E-state index contributed by atoms with van der Waals surface area (Å²) in [4.78, 5) is 18.5. The topological polar surface area (TPSA) is 74.6 Å². The summed E-state index contributed by atoms with van der Waals surface area (Å²) in [7, 11) is 1.72. The fourth-order valence-electron chi connectivity index (χ4n) is 3.55. The molecule has 1 aliphatic rings. The van der Waals surface area contributed by atoms with Gasteiger partial charge in [0.05, 0.1) is 17.9 Å². The standard InChI is InChI=1S/C21H30N6O/c1-16-13-17(2)27(25-16)19-10-6-5-9-18(19)14-23-21(22-3)24-15-20(28)26-11-7-4-8-12-26/h5-6,9-10,13H,4,7-8,11-12,14-15H2,1-3H3,(H2,22,23,24). The van der Waals surface area contributed by atoms with E-state index in [4.69, 9.17) is 0 Å². The Kier molecular flexibility index (Phi) is 6.68. The van der Waals surface area contributed by atoms with Gasteiger partial charge in [0.25, 0.3) is 0 Å². The highest BCUT2D eigenvalue weighted by molar-refractivity contribution is 5.86. The second kappa shape index (κ2) is 9.39. The summed E-state index contributed by atoms with van der Waals surface area (Å²) in [6, 6.07) is 10.2. The lowest BCUT2D eigenvalue weighted by Gasteiger charge is -2.27. The van der Waals surface area contributed by atoms with Crippen molar-refractivity contribution in [2.75, 3.05) is 26.7 Å². The molecule has 0 aliphatic carbocycles. The number of aliphatic imine (C=N–C) groups is 1. The van der Waals surface area contributed by atoms with Crippen molar-refractivity contribution in [1.29, 1.82) is 0 Å². The van der Waals surface area contributed by atoms with Crippen LogP contribution >= 0.6 is 0 Å². The van der Waals surface area contributed by atoms with Crippen LogP contribution in [0.2, 0.25) is 0 Å². The van der Waals surface area contributed by atoms with Gasteiger partial charge in [0.15, 0.2) is 5.96 Å². The van der Waals surface area contributed by atoms with Crippen LogP contribution in [0.4, 0.5) is 0 Å². The van der Waals surface area contributed by atoms with Gasteiger partial charge >= 0.3 is 0 Å². The van der Waals surface area contributed by atoms with Gasteiger partial charge in [-0.2, -0.15) is 5.10 Å². The minimum absolute atomic E-state index is 0.130. The van der Waals surface area contributed by atoms with Crippen molar-refractivity contribution in [2.24, 2.45) is 4.99 Å². The second-order valence-corrected chi connectivity index (χ2v) is 7.19. The number of aromatic nitrogens is 2. The number of carbonyl (C=O) groups excluding carboxylic acids is 1. The fraction of sp³-hybridized carbons (Fsp3) is 0.476. The Morgan fingerprint density at radius 1 is 1.14 bits per heavy atom. The van der Waals surface area contributed by atoms with Gasteiger partial charge < -0.3 is 15.5 Å². The zero-order valence-corrected chi connectivity index (χ0v) is 17.0. The Bertz CT molecular complexity index is 835. The van der Waals surface area contributed by atoms with Gasteiger partial charge in [0.1, 0.15) is 0 Å². The van der Waals surface area contributed by atoms with Crippen molar-refractivity contribution in [2.45, 2.75) is 39.7 Å². The molecule has 1 aliphatic heterocycles. The first kappa shape index (κ1) is 19.9. The smallest absolute Gasteiger partial charge is 0.241 e. The quantitative estimate of drug-likeness (QED) is 0.614. The van der Waals surface area contributed by atoms with Crippen LogP contribution in [0.5, 0.6) is 0 Å². The van der Waals surface area contributed by atoms with Crippen molar-refractivity contribution in [3.8, 4) is 5.69 Å². The first-order valence-corrected chi connectivity index (χ1v) is 9.92. The van der Waals surface area contributed by atoms with E-state index in [1.54, 1.807) is 7.05 Å². The Hall–Kier alpha value is -2.83. The van der Waals surface area contributed by atoms with Crippen LogP contribution in [-0.4, -0.2) is 53.2 Å². The average molecular weight is 383 g/mol. The summed E-state index contributed by atoms with van der Waals surface area (Å²) < 4.78 is 1.96. The molecule has 2 N–H and O–H groups in total. The van der Waals surface area contributed by atoms with E-state index in [1.807, 2.05) is 28.6 Å². The summed E-state index contributed by atoms with van der Waals surface area (Å²) in [5.74, 6) is 0.749. The first-order valence-electron chi connectivity index (χ1n) is 9.92. The number of nitrogens with zero attached hydrogens (tertiary/aromatic N) is 4. The molecule has 1 fully saturated rings. The molecule has 0 atom stereocenters. The van der Waals surface area contributed by atoms with E-state index >= 15 is 0 Å². The summed E-state index contributed by atoms with van der Waals surface area (Å²) >= 11 is 0. The number of para-hydroxylation sites is 1. The molecule has 7 heteroatoms. The van der Waals surface area contributed by atoms with E-state index < -0.39 is 0 Å². The molecule has 2 heterocycles. The number of likely N-dealkylation sites (tertiary alicyclic amines) is 1. The van der Waals surface area contributed by atoms with Gasteiger partial charge in [0, 0.05) is 32.4 Å². The lowest BCUT2D eigenvalue weighted by molar-refractivity contribution is -0.130. The Balaban J connectivity index is 1.60. The summed E-state index contributed by atoms with van der Waals surface area (Å²) in [5, 5.41) is 11.0. The van der Waals surface area contributed by atoms with Gasteiger partial charge in [-0.05, 0) is 50.8 Å². The van der Waals surface area contributed by atoms with Gasteiger partial charge in [0.2, 0.25) is 5.91 Å². The van der Waals surface area contributed by atoms with Gasteiger partial charge in [-0.15, -0.1) is 0 Å². The minimum atomic E-state index is 0.130. The molecular formula is C21H30N6O. The molecule has 0 saturated carbocycles. The number of hydrogen-bond acceptors (Lipinski definition) is 3. The van der Waals surface area contributed by atoms with Gasteiger partial charge in [-0.1, -0.05) is 18.2 Å². The predicted molar refractivity (Wildman–Crippen MR) is 112 cm³/mol. The van der Waals surface area contributed by atoms with Gasteiger partial charge in [-0.3, -0.25) is 9.79 Å². The van der Waals surface area contributed by atoms with Crippen molar-refractivity contribution >= 4 is 11.9 Å². The van der Waals surface area contributed by atoms with Crippen LogP contribution in [0, 0.1) is 13.8 Å². The van der Waals surface area contributed by atoms with E-state index in [1.165, 1.54) is 6.42 Å². The number of benzene rings is 1. The molecule has 1 aromatic carbocycles. The first-order chi connectivity index (χ1) is 13.6. The zero-order chi connectivity index (χ0) is 19.9. The molecule has 2 aromatic rings. The van der Waals surface area contributed by atoms with Crippen LogP contribution in [0.15, 0.2) is 35.3 Å². The average Bonchev–Trinajstić information content (AvgIpc) is 3.06. The Morgan fingerprint density at radius 2 is 1.89 bits per heavy atom. The Morgan fingerprint density at radius 3 is 2.57 bits per heavy atom. The number of guanidine groups is 1. The van der Waals surface area contributed by atoms with Gasteiger partial charge in [-0.25, -0.2) is 4.68 Å². The van der Waals surface area contributed by atoms with Crippen molar-refractivity contribution in [3.05, 3.63) is 47.3 Å². The number of hydrogen-bond donors (Lipinski definition) is 2. The lowest BCUT2D eigenvalue weighted by Crippen LogP contribution is -2.45. The van der Waals surface area contributed by atoms with Crippen LogP contribution in [0.1, 0.15) is 36.2 Å². The van der Waals surface area contributed by atoms with Crippen molar-refractivity contribution < 1.29 is 4.79 Å². The maximum absolute atomic E-state index is 12.3. The third-order valence-electron chi connectivity index (χ3n) is 5.02. The van der Waals surface area contributed by atoms with E-state index in [0.29, 0.717) is 12.5 Å². The third-order valence-corrected chi connectivity index (χ3v) is 5.02. The zero-order valence-electron chi connectivity index (χ0n) is 17.0. The third kappa shape index (κ3) is 4.91. The SMILES string of the molecule is CN=C(NCC(=O)N1CCCCC1)NCc1ccccc1-n1nc(C)cc1C. The summed E-state index contributed by atoms with van der Waals surface area (Å²) in [6.45, 7) is 6.63. The fourth-order valence-corrected chi connectivity index (χ4v) is 3.55. The monoisotopic (exact) mass is 382 g/mol. The van der Waals surface area contributed by atoms with Crippen LogP contribution < -0.4 is 10.6 Å². The lowest BCUT2D eigenvalue weighted by atomic mass is 10.1. The molecule has 0 radical (unpaired) electrons. The molecule has 0 unspecified atom stereocenters. The molecule has 0 spiro atoms. The number of nitrogens with one attached hydrogen (secondary N) is 2. The van der Waals surface area contributed by atoms with Crippen LogP contribution in [-0.2, 0) is 11.3 Å². The highest BCUT2D eigenvalue weighted by Gasteiger charge is 2.16. The molecule has 0 bridgehead atoms. The second-order valence-electron chi connectivity index (χ2n) is 7.19. The molecule has 28 heavy (non-hydrogen) atoms. The maximum Gasteiger partial charge on any atom is 0.241 e. The maximum atomic E-state index is 12.3. The predicted octanol–water partition coefficient (Wildman–Crippen LogP) is 2.17. The van der Waals surface area contributed by atoms with Crippen molar-refractivity contribution in [1.82, 2.24) is 25.3 Å². The largest absolute Gasteiger partial charge is 0.352 e. The molecule has 1 saturated heterocycles. The molecular weight excluding hydrogens is 352 g/mol. The molecule has 150 valence electrons. The number of carbonyl (C=O) groups is 1. The summed E-state index contributed by atoms with van der Waals surface area (Å²) in [6.07, 6.45) is 3.42. The van der Waals surface area contributed by atoms with E-state index in [-0.39, 0.29) is 12.5 Å².